The molecular weight excluding hydrogens is 418 g/mol. The Morgan fingerprint density at radius 3 is 2.91 bits per heavy atom. The standard InChI is InChI=1S/C24H21N7S/c1-13(2)20-3-4-21(32-20)16-10-26-11-19-22(16)29-24(28-19)23-15-9-17(14-5-7-25-8-6-14)27-12-18(15)30-31-23/h3-5,9-12,25H,1,6-8H2,2H3,(H,28,29)(H,30,31). The van der Waals surface area contributed by atoms with Gasteiger partial charge in [0.2, 0.25) is 0 Å². The Kier molecular flexibility index (Phi) is 4.48. The van der Waals surface area contributed by atoms with Crippen LogP contribution in [0.2, 0.25) is 0 Å². The molecule has 0 aromatic carbocycles. The molecule has 5 aromatic heterocycles. The van der Waals surface area contributed by atoms with Gasteiger partial charge in [0.05, 0.1) is 29.1 Å². The van der Waals surface area contributed by atoms with Crippen molar-refractivity contribution in [3.63, 3.8) is 0 Å². The average molecular weight is 440 g/mol. The molecule has 0 aliphatic carbocycles. The van der Waals surface area contributed by atoms with Crippen molar-refractivity contribution in [1.82, 2.24) is 35.5 Å². The molecule has 32 heavy (non-hydrogen) atoms. The van der Waals surface area contributed by atoms with Crippen LogP contribution in [0.15, 0.2) is 49.4 Å². The van der Waals surface area contributed by atoms with E-state index in [-0.39, 0.29) is 0 Å². The van der Waals surface area contributed by atoms with E-state index in [0.29, 0.717) is 5.82 Å². The summed E-state index contributed by atoms with van der Waals surface area (Å²) in [5.41, 5.74) is 7.76. The summed E-state index contributed by atoms with van der Waals surface area (Å²) >= 11 is 1.70. The summed E-state index contributed by atoms with van der Waals surface area (Å²) in [4.78, 5) is 19.7. The largest absolute Gasteiger partial charge is 0.335 e. The van der Waals surface area contributed by atoms with E-state index >= 15 is 0 Å². The van der Waals surface area contributed by atoms with Crippen molar-refractivity contribution in [2.75, 3.05) is 13.1 Å². The number of fused-ring (bicyclic) bond motifs is 2. The average Bonchev–Trinajstić information content (AvgIpc) is 3.56. The van der Waals surface area contributed by atoms with Crippen LogP contribution in [-0.2, 0) is 0 Å². The Morgan fingerprint density at radius 1 is 1.16 bits per heavy atom. The van der Waals surface area contributed by atoms with Crippen molar-refractivity contribution in [3.05, 3.63) is 60.0 Å². The third kappa shape index (κ3) is 3.16. The molecule has 0 atom stereocenters. The molecule has 5 aromatic rings. The molecule has 0 spiro atoms. The van der Waals surface area contributed by atoms with E-state index in [2.05, 4.69) is 61.3 Å². The van der Waals surface area contributed by atoms with Gasteiger partial charge in [-0.2, -0.15) is 5.10 Å². The Hall–Kier alpha value is -3.62. The molecule has 6 rings (SSSR count). The molecule has 1 aliphatic heterocycles. The third-order valence-corrected chi connectivity index (χ3v) is 7.03. The Labute approximate surface area is 188 Å². The zero-order chi connectivity index (χ0) is 21.7. The molecule has 0 radical (unpaired) electrons. The van der Waals surface area contributed by atoms with Gasteiger partial charge >= 0.3 is 0 Å². The van der Waals surface area contributed by atoms with Gasteiger partial charge in [0, 0.05) is 33.4 Å². The molecule has 0 amide bonds. The summed E-state index contributed by atoms with van der Waals surface area (Å²) in [5, 5.41) is 12.0. The predicted octanol–water partition coefficient (Wildman–Crippen LogP) is 5.03. The number of rotatable bonds is 4. The van der Waals surface area contributed by atoms with Crippen LogP contribution in [-0.4, -0.2) is 43.2 Å². The van der Waals surface area contributed by atoms with Gasteiger partial charge in [-0.05, 0) is 49.2 Å². The summed E-state index contributed by atoms with van der Waals surface area (Å²) in [6.45, 7) is 7.92. The minimum absolute atomic E-state index is 0.716. The maximum atomic E-state index is 4.94. The first-order valence-corrected chi connectivity index (χ1v) is 11.3. The summed E-state index contributed by atoms with van der Waals surface area (Å²) in [7, 11) is 0. The second-order valence-corrected chi connectivity index (χ2v) is 9.07. The second-order valence-electron chi connectivity index (χ2n) is 7.98. The quantitative estimate of drug-likeness (QED) is 0.365. The lowest BCUT2D eigenvalue weighted by Crippen LogP contribution is -2.20. The number of thiophene rings is 1. The van der Waals surface area contributed by atoms with E-state index in [1.54, 1.807) is 11.3 Å². The molecule has 1 aliphatic rings. The van der Waals surface area contributed by atoms with Crippen LogP contribution < -0.4 is 5.32 Å². The Balaban J connectivity index is 1.47. The van der Waals surface area contributed by atoms with Crippen molar-refractivity contribution in [1.29, 1.82) is 0 Å². The fraction of sp³-hybridized carbons (Fsp3) is 0.167. The van der Waals surface area contributed by atoms with Crippen molar-refractivity contribution in [3.8, 4) is 22.0 Å². The zero-order valence-corrected chi connectivity index (χ0v) is 18.4. The van der Waals surface area contributed by atoms with Crippen molar-refractivity contribution in [2.45, 2.75) is 13.3 Å². The van der Waals surface area contributed by atoms with Gasteiger partial charge in [-0.3, -0.25) is 15.1 Å². The minimum atomic E-state index is 0.716. The van der Waals surface area contributed by atoms with Gasteiger partial charge in [-0.15, -0.1) is 11.3 Å². The normalized spacial score (nSPS) is 14.2. The van der Waals surface area contributed by atoms with E-state index in [0.717, 1.165) is 68.8 Å². The van der Waals surface area contributed by atoms with Crippen LogP contribution in [0.4, 0.5) is 0 Å². The number of hydrogen-bond acceptors (Lipinski definition) is 6. The van der Waals surface area contributed by atoms with E-state index < -0.39 is 0 Å². The van der Waals surface area contributed by atoms with Crippen molar-refractivity contribution >= 4 is 44.4 Å². The highest BCUT2D eigenvalue weighted by Gasteiger charge is 2.18. The summed E-state index contributed by atoms with van der Waals surface area (Å²) in [6, 6.07) is 6.31. The summed E-state index contributed by atoms with van der Waals surface area (Å²) in [5.74, 6) is 0.716. The molecule has 3 N–H and O–H groups in total. The number of imidazole rings is 1. The molecule has 7 nitrogen and oxygen atoms in total. The van der Waals surface area contributed by atoms with Crippen LogP contribution >= 0.6 is 11.3 Å². The van der Waals surface area contributed by atoms with E-state index in [4.69, 9.17) is 4.98 Å². The lowest BCUT2D eigenvalue weighted by Gasteiger charge is -2.13. The summed E-state index contributed by atoms with van der Waals surface area (Å²) < 4.78 is 0. The first kappa shape index (κ1) is 19.1. The van der Waals surface area contributed by atoms with Gasteiger partial charge in [-0.1, -0.05) is 12.7 Å². The number of aromatic nitrogens is 6. The van der Waals surface area contributed by atoms with Crippen LogP contribution in [0.3, 0.4) is 0 Å². The van der Waals surface area contributed by atoms with Crippen LogP contribution in [0.25, 0.3) is 55.0 Å². The van der Waals surface area contributed by atoms with Gasteiger partial charge in [0.1, 0.15) is 11.2 Å². The molecule has 0 unspecified atom stereocenters. The van der Waals surface area contributed by atoms with Gasteiger partial charge in [0.25, 0.3) is 0 Å². The monoisotopic (exact) mass is 439 g/mol. The number of nitrogens with zero attached hydrogens (tertiary/aromatic N) is 4. The number of allylic oxidation sites excluding steroid dienone is 1. The SMILES string of the molecule is C=C(C)c1ccc(-c2cncc3[nH]c(-c4n[nH]c5cnc(C6=CCNCC6)cc45)nc23)s1. The highest BCUT2D eigenvalue weighted by atomic mass is 32.1. The zero-order valence-electron chi connectivity index (χ0n) is 17.6. The van der Waals surface area contributed by atoms with Crippen LogP contribution in [0.5, 0.6) is 0 Å². The predicted molar refractivity (Wildman–Crippen MR) is 130 cm³/mol. The molecule has 158 valence electrons. The van der Waals surface area contributed by atoms with Crippen LogP contribution in [0.1, 0.15) is 23.9 Å². The van der Waals surface area contributed by atoms with Crippen molar-refractivity contribution < 1.29 is 0 Å². The van der Waals surface area contributed by atoms with Crippen LogP contribution in [0, 0.1) is 0 Å². The fourth-order valence-corrected chi connectivity index (χ4v) is 5.01. The molecular formula is C24H21N7S. The first-order chi connectivity index (χ1) is 15.7. The third-order valence-electron chi connectivity index (χ3n) is 5.75. The summed E-state index contributed by atoms with van der Waals surface area (Å²) in [6.07, 6.45) is 8.71. The van der Waals surface area contributed by atoms with Gasteiger partial charge in [-0.25, -0.2) is 4.98 Å². The van der Waals surface area contributed by atoms with Crippen molar-refractivity contribution in [2.24, 2.45) is 0 Å². The van der Waals surface area contributed by atoms with E-state index in [1.165, 1.54) is 10.5 Å². The van der Waals surface area contributed by atoms with E-state index in [9.17, 15) is 0 Å². The maximum absolute atomic E-state index is 4.94. The highest BCUT2D eigenvalue weighted by Crippen LogP contribution is 2.36. The molecule has 8 heteroatoms. The number of aromatic amines is 2. The number of hydrogen-bond donors (Lipinski definition) is 3. The Bertz CT molecular complexity index is 1520. The smallest absolute Gasteiger partial charge is 0.159 e. The molecule has 0 fully saturated rings. The second kappa shape index (κ2) is 7.51. The minimum Gasteiger partial charge on any atom is -0.335 e. The first-order valence-electron chi connectivity index (χ1n) is 10.5. The number of nitrogens with one attached hydrogen (secondary N) is 3. The lowest BCUT2D eigenvalue weighted by molar-refractivity contribution is 0.737. The highest BCUT2D eigenvalue weighted by molar-refractivity contribution is 7.16. The molecule has 6 heterocycles. The molecule has 0 saturated carbocycles. The van der Waals surface area contributed by atoms with Gasteiger partial charge in [0.15, 0.2) is 5.82 Å². The Morgan fingerprint density at radius 2 is 2.09 bits per heavy atom. The fourth-order valence-electron chi connectivity index (χ4n) is 4.07. The topological polar surface area (TPSA) is 95.2 Å². The number of pyridine rings is 2. The lowest BCUT2D eigenvalue weighted by atomic mass is 10.0. The number of H-pyrrole nitrogens is 2. The maximum Gasteiger partial charge on any atom is 0.159 e. The van der Waals surface area contributed by atoms with Gasteiger partial charge < -0.3 is 10.3 Å². The molecule has 0 bridgehead atoms. The van der Waals surface area contributed by atoms with E-state index in [1.807, 2.05) is 25.5 Å². The molecule has 0 saturated heterocycles.